The first-order valence-corrected chi connectivity index (χ1v) is 8.40. The van der Waals surface area contributed by atoms with Crippen molar-refractivity contribution in [1.29, 1.82) is 0 Å². The Morgan fingerprint density at radius 3 is 2.32 bits per heavy atom. The number of benzene rings is 2. The highest BCUT2D eigenvalue weighted by molar-refractivity contribution is 5.94. The van der Waals surface area contributed by atoms with Gasteiger partial charge in [0.15, 0.2) is 0 Å². The summed E-state index contributed by atoms with van der Waals surface area (Å²) in [4.78, 5) is 12.4. The summed E-state index contributed by atoms with van der Waals surface area (Å²) in [5, 5.41) is 2.94. The van der Waals surface area contributed by atoms with E-state index in [4.69, 9.17) is 9.47 Å². The maximum absolute atomic E-state index is 12.4. The van der Waals surface area contributed by atoms with Crippen LogP contribution in [0.25, 0.3) is 0 Å². The second-order valence-corrected chi connectivity index (χ2v) is 7.04. The number of hydrogen-bond donors (Lipinski definition) is 1. The normalized spacial score (nSPS) is 12.5. The summed E-state index contributed by atoms with van der Waals surface area (Å²) < 4.78 is 10.8. The summed E-state index contributed by atoms with van der Waals surface area (Å²) in [7, 11) is 3.26. The molecule has 1 unspecified atom stereocenters. The Hall–Kier alpha value is -2.33. The molecule has 0 spiro atoms. The lowest BCUT2D eigenvalue weighted by Gasteiger charge is -2.19. The third-order valence-electron chi connectivity index (χ3n) is 4.21. The van der Waals surface area contributed by atoms with Crippen LogP contribution in [-0.2, 0) is 10.2 Å². The molecule has 0 aliphatic heterocycles. The first kappa shape index (κ1) is 19.0. The molecule has 0 heterocycles. The van der Waals surface area contributed by atoms with Crippen molar-refractivity contribution in [3.8, 4) is 5.75 Å². The van der Waals surface area contributed by atoms with Gasteiger partial charge in [-0.2, -0.15) is 0 Å². The van der Waals surface area contributed by atoms with Crippen LogP contribution in [0.5, 0.6) is 5.75 Å². The molecule has 2 rings (SSSR count). The molecule has 25 heavy (non-hydrogen) atoms. The van der Waals surface area contributed by atoms with Crippen molar-refractivity contribution in [1.82, 2.24) is 5.32 Å². The van der Waals surface area contributed by atoms with Gasteiger partial charge in [0.05, 0.1) is 13.2 Å². The van der Waals surface area contributed by atoms with Gasteiger partial charge in [0.1, 0.15) is 5.75 Å². The second-order valence-electron chi connectivity index (χ2n) is 7.04. The lowest BCUT2D eigenvalue weighted by Crippen LogP contribution is -2.29. The van der Waals surface area contributed by atoms with E-state index >= 15 is 0 Å². The van der Waals surface area contributed by atoms with Crippen molar-refractivity contribution in [2.45, 2.75) is 32.3 Å². The minimum atomic E-state index is -0.229. The molecule has 1 atom stereocenters. The van der Waals surface area contributed by atoms with Gasteiger partial charge in [0.25, 0.3) is 5.91 Å². The molecule has 4 heteroatoms. The molecule has 1 N–H and O–H groups in total. The van der Waals surface area contributed by atoms with Crippen LogP contribution in [0.1, 0.15) is 48.4 Å². The standard InChI is InChI=1S/C21H27NO3/c1-21(2,3)17-11-9-15(10-12-17)20(23)22-14-19(25-5)16-7-6-8-18(13-16)24-4/h6-13,19H,14H2,1-5H3,(H,22,23). The van der Waals surface area contributed by atoms with Crippen LogP contribution in [0, 0.1) is 0 Å². The van der Waals surface area contributed by atoms with Crippen molar-refractivity contribution >= 4 is 5.91 Å². The smallest absolute Gasteiger partial charge is 0.251 e. The molecule has 0 fully saturated rings. The highest BCUT2D eigenvalue weighted by Gasteiger charge is 2.16. The number of rotatable bonds is 6. The largest absolute Gasteiger partial charge is 0.497 e. The average Bonchev–Trinajstić information content (AvgIpc) is 2.61. The van der Waals surface area contributed by atoms with Gasteiger partial charge in [-0.3, -0.25) is 4.79 Å². The second kappa shape index (κ2) is 8.17. The molecule has 2 aromatic rings. The van der Waals surface area contributed by atoms with Gasteiger partial charge in [-0.15, -0.1) is 0 Å². The molecular weight excluding hydrogens is 314 g/mol. The molecule has 1 amide bonds. The highest BCUT2D eigenvalue weighted by atomic mass is 16.5. The van der Waals surface area contributed by atoms with Crippen LogP contribution >= 0.6 is 0 Å². The number of nitrogens with one attached hydrogen (secondary N) is 1. The van der Waals surface area contributed by atoms with Crippen LogP contribution in [0.2, 0.25) is 0 Å². The summed E-state index contributed by atoms with van der Waals surface area (Å²) in [6, 6.07) is 15.4. The number of ether oxygens (including phenoxy) is 2. The monoisotopic (exact) mass is 341 g/mol. The predicted molar refractivity (Wildman–Crippen MR) is 100 cm³/mol. The van der Waals surface area contributed by atoms with Crippen LogP contribution < -0.4 is 10.1 Å². The number of amides is 1. The molecule has 0 radical (unpaired) electrons. The summed E-state index contributed by atoms with van der Waals surface area (Å²) in [5.74, 6) is 0.661. The molecule has 0 saturated carbocycles. The predicted octanol–water partition coefficient (Wildman–Crippen LogP) is 4.11. The van der Waals surface area contributed by atoms with E-state index in [9.17, 15) is 4.79 Å². The lowest BCUT2D eigenvalue weighted by molar-refractivity contribution is 0.0827. The zero-order chi connectivity index (χ0) is 18.4. The molecule has 4 nitrogen and oxygen atoms in total. The quantitative estimate of drug-likeness (QED) is 0.860. The Bertz CT molecular complexity index is 702. The zero-order valence-corrected chi connectivity index (χ0v) is 15.6. The Morgan fingerprint density at radius 2 is 1.76 bits per heavy atom. The van der Waals surface area contributed by atoms with Crippen molar-refractivity contribution in [2.75, 3.05) is 20.8 Å². The number of hydrogen-bond acceptors (Lipinski definition) is 3. The van der Waals surface area contributed by atoms with Gasteiger partial charge >= 0.3 is 0 Å². The van der Waals surface area contributed by atoms with Crippen LogP contribution in [0.3, 0.4) is 0 Å². The lowest BCUT2D eigenvalue weighted by atomic mass is 9.87. The SMILES string of the molecule is COc1cccc(C(CNC(=O)c2ccc(C(C)(C)C)cc2)OC)c1. The van der Waals surface area contributed by atoms with E-state index in [1.165, 1.54) is 5.56 Å². The van der Waals surface area contributed by atoms with Crippen molar-refractivity contribution < 1.29 is 14.3 Å². The van der Waals surface area contributed by atoms with Gasteiger partial charge in [-0.1, -0.05) is 45.0 Å². The Balaban J connectivity index is 2.02. The fourth-order valence-electron chi connectivity index (χ4n) is 2.59. The van der Waals surface area contributed by atoms with Gasteiger partial charge < -0.3 is 14.8 Å². The van der Waals surface area contributed by atoms with Crippen molar-refractivity contribution in [3.05, 3.63) is 65.2 Å². The summed E-state index contributed by atoms with van der Waals surface area (Å²) in [5.41, 5.74) is 2.89. The molecular formula is C21H27NO3. The van der Waals surface area contributed by atoms with E-state index in [0.717, 1.165) is 11.3 Å². The van der Waals surface area contributed by atoms with Gasteiger partial charge in [0, 0.05) is 19.2 Å². The Labute approximate surface area is 150 Å². The van der Waals surface area contributed by atoms with Crippen molar-refractivity contribution in [2.24, 2.45) is 0 Å². The average molecular weight is 341 g/mol. The minimum Gasteiger partial charge on any atom is -0.497 e. The first-order valence-electron chi connectivity index (χ1n) is 8.40. The maximum Gasteiger partial charge on any atom is 0.251 e. The Morgan fingerprint density at radius 1 is 1.08 bits per heavy atom. The van der Waals surface area contributed by atoms with Crippen LogP contribution in [0.4, 0.5) is 0 Å². The number of carbonyl (C=O) groups excluding carboxylic acids is 1. The van der Waals surface area contributed by atoms with E-state index in [-0.39, 0.29) is 17.4 Å². The number of methoxy groups -OCH3 is 2. The maximum atomic E-state index is 12.4. The van der Waals surface area contributed by atoms with Gasteiger partial charge in [0.2, 0.25) is 0 Å². The van der Waals surface area contributed by atoms with E-state index in [2.05, 4.69) is 26.1 Å². The fourth-order valence-corrected chi connectivity index (χ4v) is 2.59. The molecule has 0 aliphatic carbocycles. The van der Waals surface area contributed by atoms with Crippen molar-refractivity contribution in [3.63, 3.8) is 0 Å². The summed E-state index contributed by atoms with van der Waals surface area (Å²) in [6.07, 6.45) is -0.229. The Kier molecular flexibility index (Phi) is 6.21. The van der Waals surface area contributed by atoms with E-state index < -0.39 is 0 Å². The van der Waals surface area contributed by atoms with E-state index in [1.807, 2.05) is 48.5 Å². The topological polar surface area (TPSA) is 47.6 Å². The van der Waals surface area contributed by atoms with Gasteiger partial charge in [-0.25, -0.2) is 0 Å². The molecule has 2 aromatic carbocycles. The summed E-state index contributed by atoms with van der Waals surface area (Å²) in [6.45, 7) is 6.85. The van der Waals surface area contributed by atoms with Crippen LogP contribution in [-0.4, -0.2) is 26.7 Å². The summed E-state index contributed by atoms with van der Waals surface area (Å²) >= 11 is 0. The molecule has 0 saturated heterocycles. The van der Waals surface area contributed by atoms with Gasteiger partial charge in [-0.05, 0) is 40.8 Å². The third-order valence-corrected chi connectivity index (χ3v) is 4.21. The molecule has 0 aromatic heterocycles. The zero-order valence-electron chi connectivity index (χ0n) is 15.6. The molecule has 0 aliphatic rings. The van der Waals surface area contributed by atoms with E-state index in [0.29, 0.717) is 12.1 Å². The fraction of sp³-hybridized carbons (Fsp3) is 0.381. The van der Waals surface area contributed by atoms with E-state index in [1.54, 1.807) is 14.2 Å². The highest BCUT2D eigenvalue weighted by Crippen LogP contribution is 2.23. The van der Waals surface area contributed by atoms with Crippen LogP contribution in [0.15, 0.2) is 48.5 Å². The molecule has 134 valence electrons. The first-order chi connectivity index (χ1) is 11.8. The number of carbonyl (C=O) groups is 1. The molecule has 0 bridgehead atoms. The minimum absolute atomic E-state index is 0.0719. The third kappa shape index (κ3) is 5.07.